The van der Waals surface area contributed by atoms with E-state index in [1.54, 1.807) is 7.05 Å². The average Bonchev–Trinajstić information content (AvgIpc) is 2.66. The Morgan fingerprint density at radius 2 is 1.88 bits per heavy atom. The highest BCUT2D eigenvalue weighted by Gasteiger charge is 2.27. The van der Waals surface area contributed by atoms with Crippen LogP contribution in [0.15, 0.2) is 29.3 Å². The first-order valence-corrected chi connectivity index (χ1v) is 9.73. The second kappa shape index (κ2) is 10.2. The predicted molar refractivity (Wildman–Crippen MR) is 106 cm³/mol. The topological polar surface area (TPSA) is 62.7 Å². The zero-order chi connectivity index (χ0) is 18.9. The molecule has 1 aromatic rings. The van der Waals surface area contributed by atoms with Crippen molar-refractivity contribution in [1.29, 1.82) is 0 Å². The molecular formula is C21H33N3O2. The van der Waals surface area contributed by atoms with Gasteiger partial charge in [0, 0.05) is 19.6 Å². The zero-order valence-corrected chi connectivity index (χ0v) is 16.5. The van der Waals surface area contributed by atoms with Gasteiger partial charge in [-0.05, 0) is 51.0 Å². The zero-order valence-electron chi connectivity index (χ0n) is 16.5. The number of carbonyl (C=O) groups is 1. The van der Waals surface area contributed by atoms with Crippen molar-refractivity contribution in [3.05, 3.63) is 35.4 Å². The molecule has 5 heteroatoms. The SMILES string of the molecule is CCOC(=O)C1CCC(NC(=NC)NCC(C)c2ccc(C)cc2)CC1. The molecule has 1 aliphatic carbocycles. The summed E-state index contributed by atoms with van der Waals surface area (Å²) in [5.41, 5.74) is 2.61. The van der Waals surface area contributed by atoms with Crippen LogP contribution >= 0.6 is 0 Å². The Kier molecular flexibility index (Phi) is 7.95. The molecule has 0 amide bonds. The summed E-state index contributed by atoms with van der Waals surface area (Å²) in [6.07, 6.45) is 3.70. The third-order valence-corrected chi connectivity index (χ3v) is 5.13. The highest BCUT2D eigenvalue weighted by atomic mass is 16.5. The molecule has 1 unspecified atom stereocenters. The van der Waals surface area contributed by atoms with Crippen molar-refractivity contribution >= 4 is 11.9 Å². The van der Waals surface area contributed by atoms with Crippen molar-refractivity contribution in [1.82, 2.24) is 10.6 Å². The normalized spacial score (nSPS) is 21.8. The van der Waals surface area contributed by atoms with E-state index in [2.05, 4.69) is 53.7 Å². The van der Waals surface area contributed by atoms with Crippen molar-refractivity contribution in [2.75, 3.05) is 20.2 Å². The Morgan fingerprint density at radius 1 is 1.23 bits per heavy atom. The van der Waals surface area contributed by atoms with Gasteiger partial charge in [-0.1, -0.05) is 36.8 Å². The van der Waals surface area contributed by atoms with Crippen LogP contribution in [-0.4, -0.2) is 38.2 Å². The van der Waals surface area contributed by atoms with Gasteiger partial charge in [0.15, 0.2) is 5.96 Å². The molecule has 1 fully saturated rings. The summed E-state index contributed by atoms with van der Waals surface area (Å²) >= 11 is 0. The fraction of sp³-hybridized carbons (Fsp3) is 0.619. The number of aliphatic imine (C=N–C) groups is 1. The van der Waals surface area contributed by atoms with E-state index in [4.69, 9.17) is 4.74 Å². The number of aryl methyl sites for hydroxylation is 1. The van der Waals surface area contributed by atoms with Crippen molar-refractivity contribution in [2.24, 2.45) is 10.9 Å². The Hall–Kier alpha value is -2.04. The summed E-state index contributed by atoms with van der Waals surface area (Å²) in [6.45, 7) is 7.48. The minimum absolute atomic E-state index is 0.0413. The van der Waals surface area contributed by atoms with Crippen LogP contribution in [0.4, 0.5) is 0 Å². The number of nitrogens with one attached hydrogen (secondary N) is 2. The molecular weight excluding hydrogens is 326 g/mol. The van der Waals surface area contributed by atoms with Crippen LogP contribution in [0.25, 0.3) is 0 Å². The van der Waals surface area contributed by atoms with Gasteiger partial charge in [0.25, 0.3) is 0 Å². The van der Waals surface area contributed by atoms with E-state index >= 15 is 0 Å². The first kappa shape index (κ1) is 20.3. The van der Waals surface area contributed by atoms with Crippen LogP contribution in [-0.2, 0) is 9.53 Å². The number of hydrogen-bond acceptors (Lipinski definition) is 3. The second-order valence-corrected chi connectivity index (χ2v) is 7.21. The van der Waals surface area contributed by atoms with Gasteiger partial charge in [-0.25, -0.2) is 0 Å². The standard InChI is InChI=1S/C21H33N3O2/c1-5-26-20(25)18-10-12-19(13-11-18)24-21(22-4)23-14-16(3)17-8-6-15(2)7-9-17/h6-9,16,18-19H,5,10-14H2,1-4H3,(H2,22,23,24). The summed E-state index contributed by atoms with van der Waals surface area (Å²) in [7, 11) is 1.80. The number of ether oxygens (including phenoxy) is 1. The number of benzene rings is 1. The molecule has 0 spiro atoms. The van der Waals surface area contributed by atoms with Crippen LogP contribution < -0.4 is 10.6 Å². The van der Waals surface area contributed by atoms with E-state index in [1.165, 1.54) is 11.1 Å². The lowest BCUT2D eigenvalue weighted by molar-refractivity contribution is -0.149. The maximum absolute atomic E-state index is 11.8. The maximum atomic E-state index is 11.8. The Balaban J connectivity index is 1.76. The van der Waals surface area contributed by atoms with E-state index in [-0.39, 0.29) is 11.9 Å². The number of esters is 1. The van der Waals surface area contributed by atoms with Gasteiger partial charge in [0.05, 0.1) is 12.5 Å². The van der Waals surface area contributed by atoms with Crippen LogP contribution in [0.2, 0.25) is 0 Å². The minimum atomic E-state index is -0.0413. The third kappa shape index (κ3) is 6.04. The van der Waals surface area contributed by atoms with Crippen molar-refractivity contribution in [3.8, 4) is 0 Å². The highest BCUT2D eigenvalue weighted by molar-refractivity contribution is 5.80. The molecule has 5 nitrogen and oxygen atoms in total. The lowest BCUT2D eigenvalue weighted by atomic mass is 9.86. The molecule has 1 aliphatic rings. The number of nitrogens with zero attached hydrogens (tertiary/aromatic N) is 1. The van der Waals surface area contributed by atoms with E-state index in [1.807, 2.05) is 6.92 Å². The Labute approximate surface area is 157 Å². The van der Waals surface area contributed by atoms with E-state index in [0.29, 0.717) is 18.6 Å². The number of carbonyl (C=O) groups excluding carboxylic acids is 1. The van der Waals surface area contributed by atoms with E-state index < -0.39 is 0 Å². The molecule has 0 saturated heterocycles. The Bertz CT molecular complexity index is 590. The lowest BCUT2D eigenvalue weighted by Crippen LogP contribution is -2.46. The first-order valence-electron chi connectivity index (χ1n) is 9.73. The van der Waals surface area contributed by atoms with Crippen molar-refractivity contribution in [2.45, 2.75) is 58.4 Å². The number of rotatable bonds is 6. The fourth-order valence-electron chi connectivity index (χ4n) is 3.38. The molecule has 0 aromatic heterocycles. The molecule has 0 radical (unpaired) electrons. The van der Waals surface area contributed by atoms with Crippen LogP contribution in [0.5, 0.6) is 0 Å². The fourth-order valence-corrected chi connectivity index (χ4v) is 3.38. The quantitative estimate of drug-likeness (QED) is 0.464. The number of hydrogen-bond donors (Lipinski definition) is 2. The first-order chi connectivity index (χ1) is 12.5. The average molecular weight is 360 g/mol. The van der Waals surface area contributed by atoms with Gasteiger partial charge in [-0.15, -0.1) is 0 Å². The van der Waals surface area contributed by atoms with Gasteiger partial charge < -0.3 is 15.4 Å². The van der Waals surface area contributed by atoms with Crippen molar-refractivity contribution in [3.63, 3.8) is 0 Å². The maximum Gasteiger partial charge on any atom is 0.308 e. The molecule has 2 N–H and O–H groups in total. The molecule has 0 aliphatic heterocycles. The largest absolute Gasteiger partial charge is 0.466 e. The predicted octanol–water partition coefficient (Wildman–Crippen LogP) is 3.39. The van der Waals surface area contributed by atoms with Gasteiger partial charge in [0.2, 0.25) is 0 Å². The molecule has 144 valence electrons. The second-order valence-electron chi connectivity index (χ2n) is 7.21. The van der Waals surface area contributed by atoms with Gasteiger partial charge in [-0.3, -0.25) is 9.79 Å². The molecule has 1 atom stereocenters. The number of guanidine groups is 1. The van der Waals surface area contributed by atoms with Crippen molar-refractivity contribution < 1.29 is 9.53 Å². The van der Waals surface area contributed by atoms with Crippen LogP contribution in [0.3, 0.4) is 0 Å². The van der Waals surface area contributed by atoms with Gasteiger partial charge in [0.1, 0.15) is 0 Å². The van der Waals surface area contributed by atoms with E-state index in [0.717, 1.165) is 38.2 Å². The van der Waals surface area contributed by atoms with Crippen LogP contribution in [0.1, 0.15) is 56.6 Å². The van der Waals surface area contributed by atoms with Gasteiger partial charge in [-0.2, -0.15) is 0 Å². The third-order valence-electron chi connectivity index (χ3n) is 5.13. The van der Waals surface area contributed by atoms with E-state index in [9.17, 15) is 4.79 Å². The molecule has 1 saturated carbocycles. The smallest absolute Gasteiger partial charge is 0.308 e. The monoisotopic (exact) mass is 359 g/mol. The molecule has 1 aromatic carbocycles. The summed E-state index contributed by atoms with van der Waals surface area (Å²) in [4.78, 5) is 16.2. The molecule has 0 heterocycles. The van der Waals surface area contributed by atoms with Crippen LogP contribution in [0, 0.1) is 12.8 Å². The molecule has 0 bridgehead atoms. The molecule has 26 heavy (non-hydrogen) atoms. The summed E-state index contributed by atoms with van der Waals surface area (Å²) < 4.78 is 5.14. The summed E-state index contributed by atoms with van der Waals surface area (Å²) in [6, 6.07) is 9.05. The van der Waals surface area contributed by atoms with Gasteiger partial charge >= 0.3 is 5.97 Å². The lowest BCUT2D eigenvalue weighted by Gasteiger charge is -2.29. The summed E-state index contributed by atoms with van der Waals surface area (Å²) in [5.74, 6) is 1.27. The Morgan fingerprint density at radius 3 is 2.46 bits per heavy atom. The molecule has 2 rings (SSSR count). The minimum Gasteiger partial charge on any atom is -0.466 e. The summed E-state index contributed by atoms with van der Waals surface area (Å²) in [5, 5.41) is 6.93. The highest BCUT2D eigenvalue weighted by Crippen LogP contribution is 2.25.